The number of unbranched alkanes of at least 4 members (excludes halogenated alkanes) is 37. The molecule has 0 N–H and O–H groups in total. The summed E-state index contributed by atoms with van der Waals surface area (Å²) in [6, 6.07) is 0. The van der Waals surface area contributed by atoms with Crippen molar-refractivity contribution in [1.29, 1.82) is 0 Å². The Balaban J connectivity index is 4.19. The van der Waals surface area contributed by atoms with Crippen LogP contribution in [-0.4, -0.2) is 37.9 Å². The summed E-state index contributed by atoms with van der Waals surface area (Å²) in [4.78, 5) is 25.4. The average Bonchev–Trinajstić information content (AvgIpc) is 3.27. The summed E-state index contributed by atoms with van der Waals surface area (Å²) in [5.74, 6) is -0.380. The van der Waals surface area contributed by atoms with Crippen molar-refractivity contribution in [3.05, 3.63) is 24.3 Å². The Morgan fingerprint density at radius 3 is 1.10 bits per heavy atom. The first-order valence-corrected chi connectivity index (χ1v) is 27.9. The van der Waals surface area contributed by atoms with E-state index in [4.69, 9.17) is 14.2 Å². The lowest BCUT2D eigenvalue weighted by Crippen LogP contribution is -2.30. The van der Waals surface area contributed by atoms with E-state index in [0.717, 1.165) is 38.5 Å². The van der Waals surface area contributed by atoms with Gasteiger partial charge >= 0.3 is 11.9 Å². The van der Waals surface area contributed by atoms with Crippen LogP contribution in [0.25, 0.3) is 0 Å². The summed E-state index contributed by atoms with van der Waals surface area (Å²) in [6.07, 6.45) is 63.3. The van der Waals surface area contributed by atoms with Gasteiger partial charge in [0.1, 0.15) is 6.61 Å². The molecule has 0 aliphatic heterocycles. The first-order chi connectivity index (χ1) is 30.6. The highest BCUT2D eigenvalue weighted by molar-refractivity contribution is 5.70. The van der Waals surface area contributed by atoms with Crippen LogP contribution in [0.2, 0.25) is 0 Å². The van der Waals surface area contributed by atoms with Gasteiger partial charge in [-0.2, -0.15) is 0 Å². The van der Waals surface area contributed by atoms with Crippen molar-refractivity contribution in [2.75, 3.05) is 19.8 Å². The molecule has 0 aliphatic carbocycles. The van der Waals surface area contributed by atoms with Crippen LogP contribution in [0.15, 0.2) is 24.3 Å². The molecule has 0 rings (SSSR count). The number of allylic oxidation sites excluding steroid dienone is 4. The molecule has 62 heavy (non-hydrogen) atoms. The number of hydrogen-bond acceptors (Lipinski definition) is 5. The lowest BCUT2D eigenvalue weighted by atomic mass is 10.0. The maximum absolute atomic E-state index is 12.8. The fraction of sp³-hybridized carbons (Fsp3) is 0.895. The minimum Gasteiger partial charge on any atom is -0.462 e. The normalized spacial score (nSPS) is 12.2. The second-order valence-electron chi connectivity index (χ2n) is 18.9. The number of esters is 2. The SMILES string of the molecule is CCCCC/C=C\C/C=C\CCCCCCCCCCCC(=O)OCC(COCCCCCCCCCCCCCCCC)OC(=O)CCCCCCCCCCCCCCC. The zero-order valence-electron chi connectivity index (χ0n) is 42.2. The Morgan fingerprint density at radius 2 is 0.677 bits per heavy atom. The minimum atomic E-state index is -0.529. The maximum Gasteiger partial charge on any atom is 0.306 e. The van der Waals surface area contributed by atoms with Crippen LogP contribution in [0.3, 0.4) is 0 Å². The summed E-state index contributed by atoms with van der Waals surface area (Å²) in [5.41, 5.74) is 0. The Morgan fingerprint density at radius 1 is 0.355 bits per heavy atom. The Labute approximate surface area is 387 Å². The van der Waals surface area contributed by atoms with Gasteiger partial charge in [-0.25, -0.2) is 0 Å². The second-order valence-corrected chi connectivity index (χ2v) is 18.9. The number of hydrogen-bond donors (Lipinski definition) is 0. The molecular formula is C57H108O5. The van der Waals surface area contributed by atoms with E-state index in [0.29, 0.717) is 26.1 Å². The van der Waals surface area contributed by atoms with Crippen LogP contribution in [0.4, 0.5) is 0 Å². The first-order valence-electron chi connectivity index (χ1n) is 27.9. The van der Waals surface area contributed by atoms with Crippen molar-refractivity contribution in [3.63, 3.8) is 0 Å². The number of carbonyl (C=O) groups excluding carboxylic acids is 2. The molecule has 0 aliphatic rings. The van der Waals surface area contributed by atoms with Crippen LogP contribution < -0.4 is 0 Å². The van der Waals surface area contributed by atoms with Crippen molar-refractivity contribution in [2.45, 2.75) is 309 Å². The van der Waals surface area contributed by atoms with Crippen LogP contribution in [0.5, 0.6) is 0 Å². The molecular weight excluding hydrogens is 765 g/mol. The zero-order chi connectivity index (χ0) is 44.9. The zero-order valence-corrected chi connectivity index (χ0v) is 42.2. The van der Waals surface area contributed by atoms with Crippen LogP contribution >= 0.6 is 0 Å². The molecule has 1 unspecified atom stereocenters. The lowest BCUT2D eigenvalue weighted by molar-refractivity contribution is -0.163. The van der Waals surface area contributed by atoms with Gasteiger partial charge < -0.3 is 14.2 Å². The Kier molecular flexibility index (Phi) is 52.3. The Hall–Kier alpha value is -1.62. The van der Waals surface area contributed by atoms with E-state index in [-0.39, 0.29) is 18.5 Å². The standard InChI is InChI=1S/C57H108O5/c1-4-7-10-13-16-19-22-25-27-28-29-30-31-33-35-38-41-44-47-50-56(58)61-54-55(53-60-52-49-46-43-40-37-34-26-23-20-17-14-11-8-5-2)62-57(59)51-48-45-42-39-36-32-24-21-18-15-12-9-6-3/h16,19,25,27,55H,4-15,17-18,20-24,26,28-54H2,1-3H3/b19-16-,27-25-. The van der Waals surface area contributed by atoms with Gasteiger partial charge in [-0.05, 0) is 51.4 Å². The molecule has 0 amide bonds. The number of ether oxygens (including phenoxy) is 3. The van der Waals surface area contributed by atoms with Gasteiger partial charge in [0.05, 0.1) is 6.61 Å². The van der Waals surface area contributed by atoms with E-state index in [9.17, 15) is 9.59 Å². The third kappa shape index (κ3) is 51.0. The van der Waals surface area contributed by atoms with Gasteiger partial charge in [-0.3, -0.25) is 9.59 Å². The number of rotatable bonds is 52. The van der Waals surface area contributed by atoms with Crippen LogP contribution in [-0.2, 0) is 23.8 Å². The second kappa shape index (κ2) is 53.7. The highest BCUT2D eigenvalue weighted by atomic mass is 16.6. The van der Waals surface area contributed by atoms with E-state index < -0.39 is 6.10 Å². The van der Waals surface area contributed by atoms with Crippen LogP contribution in [0.1, 0.15) is 303 Å². The highest BCUT2D eigenvalue weighted by Gasteiger charge is 2.17. The van der Waals surface area contributed by atoms with Crippen molar-refractivity contribution >= 4 is 11.9 Å². The van der Waals surface area contributed by atoms with E-state index in [1.165, 1.54) is 231 Å². The van der Waals surface area contributed by atoms with Crippen molar-refractivity contribution in [1.82, 2.24) is 0 Å². The summed E-state index contributed by atoms with van der Waals surface area (Å²) < 4.78 is 17.5. The smallest absolute Gasteiger partial charge is 0.306 e. The molecule has 0 radical (unpaired) electrons. The number of carbonyl (C=O) groups is 2. The molecule has 0 saturated carbocycles. The monoisotopic (exact) mass is 873 g/mol. The van der Waals surface area contributed by atoms with E-state index in [1.54, 1.807) is 0 Å². The molecule has 1 atom stereocenters. The summed E-state index contributed by atoms with van der Waals surface area (Å²) in [6.45, 7) is 7.86. The van der Waals surface area contributed by atoms with Gasteiger partial charge in [-0.15, -0.1) is 0 Å². The quantitative estimate of drug-likeness (QED) is 0.0346. The van der Waals surface area contributed by atoms with Gasteiger partial charge in [-0.1, -0.05) is 263 Å². The van der Waals surface area contributed by atoms with Gasteiger partial charge in [0.2, 0.25) is 0 Å². The predicted octanol–water partition coefficient (Wildman–Crippen LogP) is 18.8. The summed E-state index contributed by atoms with van der Waals surface area (Å²) in [5, 5.41) is 0. The molecule has 366 valence electrons. The highest BCUT2D eigenvalue weighted by Crippen LogP contribution is 2.16. The van der Waals surface area contributed by atoms with Crippen LogP contribution in [0, 0.1) is 0 Å². The lowest BCUT2D eigenvalue weighted by Gasteiger charge is -2.18. The molecule has 0 bridgehead atoms. The molecule has 0 saturated heterocycles. The van der Waals surface area contributed by atoms with Crippen molar-refractivity contribution in [2.24, 2.45) is 0 Å². The summed E-state index contributed by atoms with van der Waals surface area (Å²) >= 11 is 0. The van der Waals surface area contributed by atoms with E-state index in [1.807, 2.05) is 0 Å². The average molecular weight is 873 g/mol. The molecule has 0 aromatic carbocycles. The first kappa shape index (κ1) is 60.4. The molecule has 0 aromatic heterocycles. The van der Waals surface area contributed by atoms with Gasteiger partial charge in [0.15, 0.2) is 6.10 Å². The summed E-state index contributed by atoms with van der Waals surface area (Å²) in [7, 11) is 0. The van der Waals surface area contributed by atoms with Crippen molar-refractivity contribution in [3.8, 4) is 0 Å². The maximum atomic E-state index is 12.8. The molecule has 0 fully saturated rings. The van der Waals surface area contributed by atoms with Gasteiger partial charge in [0, 0.05) is 19.4 Å². The Bertz CT molecular complexity index is 943. The van der Waals surface area contributed by atoms with E-state index in [2.05, 4.69) is 45.1 Å². The molecule has 0 aromatic rings. The topological polar surface area (TPSA) is 61.8 Å². The fourth-order valence-corrected chi connectivity index (χ4v) is 8.31. The third-order valence-electron chi connectivity index (χ3n) is 12.5. The molecule has 5 heteroatoms. The molecule has 0 spiro atoms. The third-order valence-corrected chi connectivity index (χ3v) is 12.5. The molecule has 5 nitrogen and oxygen atoms in total. The fourth-order valence-electron chi connectivity index (χ4n) is 8.31. The minimum absolute atomic E-state index is 0.0912. The van der Waals surface area contributed by atoms with E-state index >= 15 is 0 Å². The van der Waals surface area contributed by atoms with Gasteiger partial charge in [0.25, 0.3) is 0 Å². The predicted molar refractivity (Wildman–Crippen MR) is 270 cm³/mol. The largest absolute Gasteiger partial charge is 0.462 e. The molecule has 0 heterocycles. The van der Waals surface area contributed by atoms with Crippen molar-refractivity contribution < 1.29 is 23.8 Å².